The minimum Gasteiger partial charge on any atom is -0.481 e. The van der Waals surface area contributed by atoms with Crippen molar-refractivity contribution in [2.45, 2.75) is 165 Å². The first kappa shape index (κ1) is 53.5. The number of carboxylic acid groups (broad SMARTS) is 1. The highest BCUT2D eigenvalue weighted by molar-refractivity contribution is 5.99. The number of hydrogen-bond donors (Lipinski definition) is 4. The molecule has 1 saturated carbocycles. The quantitative estimate of drug-likeness (QED) is 0.0983. The van der Waals surface area contributed by atoms with Gasteiger partial charge in [-0.3, -0.25) is 33.6 Å². The molecule has 5 atom stereocenters. The highest BCUT2D eigenvalue weighted by atomic mass is 16.4. The van der Waals surface area contributed by atoms with Gasteiger partial charge in [0.2, 0.25) is 23.6 Å². The first-order valence-corrected chi connectivity index (χ1v) is 23.2. The third kappa shape index (κ3) is 14.3. The zero-order valence-electron chi connectivity index (χ0n) is 40.9. The van der Waals surface area contributed by atoms with E-state index in [0.717, 1.165) is 11.1 Å². The van der Waals surface area contributed by atoms with Gasteiger partial charge in [-0.15, -0.1) is 0 Å². The number of likely N-dealkylation sites (N-methyl/N-ethyl adjacent to an activating group) is 1. The molecule has 3 rings (SSSR count). The lowest BCUT2D eigenvalue weighted by molar-refractivity contribution is -0.155. The number of hydrogen-bond acceptors (Lipinski definition) is 7. The first-order chi connectivity index (χ1) is 29.6. The molecule has 1 fully saturated rings. The standard InChI is InChI=1S/C52H78N4O8/c1-14-39(49(4,5)6)53-46(61)43(52(48(63)64)27-21-22-28-52)55-44(59)36(32-40(58)50(7,8)9)31-38(57)42(51(10,11)12)54-45(60)41(33(2)3)56(13)47(62)37(29-34-23-17-15-18-24-34)30-35-25-19-16-20-26-35/h15-20,23-26,33,36-37,39,41-43H,14,21-22,27-32H2,1-13H3,(H,53,61)(H,54,60)(H,55,59)(H,63,64)/t36-,39-,41+,42-,43-/m1/s1. The minimum atomic E-state index is -1.59. The fourth-order valence-corrected chi connectivity index (χ4v) is 9.08. The molecule has 12 nitrogen and oxygen atoms in total. The highest BCUT2D eigenvalue weighted by Crippen LogP contribution is 2.42. The van der Waals surface area contributed by atoms with Crippen LogP contribution >= 0.6 is 0 Å². The lowest BCUT2D eigenvalue weighted by Crippen LogP contribution is -2.61. The van der Waals surface area contributed by atoms with Crippen molar-refractivity contribution in [3.63, 3.8) is 0 Å². The van der Waals surface area contributed by atoms with E-state index in [2.05, 4.69) is 16.0 Å². The van der Waals surface area contributed by atoms with E-state index in [1.54, 1.807) is 48.6 Å². The Labute approximate surface area is 382 Å². The van der Waals surface area contributed by atoms with Gasteiger partial charge in [0.1, 0.15) is 17.9 Å². The number of rotatable bonds is 21. The SMILES string of the molecule is CC[C@@H](NC(=O)[C@@H](NC(=O)[C@H](CC(=O)[C@@H](NC(=O)[C@H](C(C)C)N(C)C(=O)C(Cc1ccccc1)Cc1ccccc1)C(C)(C)C)CC(=O)C(C)(C)C)C1(C(=O)O)CCCC1)C(C)(C)C. The van der Waals surface area contributed by atoms with E-state index in [1.807, 2.05) is 102 Å². The summed E-state index contributed by atoms with van der Waals surface area (Å²) in [5, 5.41) is 19.4. The minimum absolute atomic E-state index is 0.170. The number of carboxylic acids is 1. The zero-order chi connectivity index (χ0) is 48.4. The van der Waals surface area contributed by atoms with E-state index in [0.29, 0.717) is 32.1 Å². The van der Waals surface area contributed by atoms with Crippen LogP contribution in [-0.4, -0.2) is 82.4 Å². The summed E-state index contributed by atoms with van der Waals surface area (Å²) >= 11 is 0. The molecule has 2 aromatic carbocycles. The highest BCUT2D eigenvalue weighted by Gasteiger charge is 2.53. The molecule has 12 heteroatoms. The smallest absolute Gasteiger partial charge is 0.312 e. The Bertz CT molecular complexity index is 1880. The molecule has 64 heavy (non-hydrogen) atoms. The summed E-state index contributed by atoms with van der Waals surface area (Å²) in [6, 6.07) is 15.5. The number of nitrogens with one attached hydrogen (secondary N) is 3. The van der Waals surface area contributed by atoms with Gasteiger partial charge < -0.3 is 26.0 Å². The lowest BCUT2D eigenvalue weighted by Gasteiger charge is -2.38. The number of amides is 4. The largest absolute Gasteiger partial charge is 0.481 e. The normalized spacial score (nSPS) is 16.5. The summed E-state index contributed by atoms with van der Waals surface area (Å²) in [7, 11) is 1.62. The molecule has 2 aromatic rings. The monoisotopic (exact) mass is 887 g/mol. The molecule has 354 valence electrons. The van der Waals surface area contributed by atoms with Gasteiger partial charge in [-0.2, -0.15) is 0 Å². The molecule has 0 unspecified atom stereocenters. The Morgan fingerprint density at radius 3 is 1.58 bits per heavy atom. The number of benzene rings is 2. The van der Waals surface area contributed by atoms with Crippen LogP contribution in [0.25, 0.3) is 0 Å². The molecule has 0 aromatic heterocycles. The molecule has 0 saturated heterocycles. The van der Waals surface area contributed by atoms with Crippen LogP contribution in [0.15, 0.2) is 60.7 Å². The van der Waals surface area contributed by atoms with Crippen LogP contribution in [0.1, 0.15) is 139 Å². The number of aliphatic carboxylic acids is 1. The van der Waals surface area contributed by atoms with E-state index in [4.69, 9.17) is 0 Å². The fourth-order valence-electron chi connectivity index (χ4n) is 9.08. The van der Waals surface area contributed by atoms with Crippen molar-refractivity contribution in [1.29, 1.82) is 0 Å². The second-order valence-corrected chi connectivity index (χ2v) is 21.7. The van der Waals surface area contributed by atoms with Crippen LogP contribution in [0.3, 0.4) is 0 Å². The topological polar surface area (TPSA) is 179 Å². The number of nitrogens with zero attached hydrogens (tertiary/aromatic N) is 1. The molecule has 1 aliphatic rings. The summed E-state index contributed by atoms with van der Waals surface area (Å²) in [6.07, 6.45) is 2.10. The summed E-state index contributed by atoms with van der Waals surface area (Å²) < 4.78 is 0. The predicted octanol–water partition coefficient (Wildman–Crippen LogP) is 7.75. The maximum Gasteiger partial charge on any atom is 0.312 e. The molecular formula is C52H78N4O8. The van der Waals surface area contributed by atoms with E-state index < -0.39 is 82.1 Å². The molecule has 0 radical (unpaired) electrons. The van der Waals surface area contributed by atoms with Gasteiger partial charge in [0.25, 0.3) is 0 Å². The molecule has 4 N–H and O–H groups in total. The number of ketones is 2. The van der Waals surface area contributed by atoms with Crippen molar-refractivity contribution < 1.29 is 38.7 Å². The van der Waals surface area contributed by atoms with Crippen LogP contribution in [0.4, 0.5) is 0 Å². The number of carbonyl (C=O) groups excluding carboxylic acids is 6. The van der Waals surface area contributed by atoms with Crippen LogP contribution < -0.4 is 16.0 Å². The van der Waals surface area contributed by atoms with Gasteiger partial charge in [0.05, 0.1) is 17.4 Å². The van der Waals surface area contributed by atoms with Crippen molar-refractivity contribution in [1.82, 2.24) is 20.9 Å². The molecule has 1 aliphatic carbocycles. The summed E-state index contributed by atoms with van der Waals surface area (Å²) in [6.45, 7) is 22.0. The zero-order valence-corrected chi connectivity index (χ0v) is 40.9. The second-order valence-electron chi connectivity index (χ2n) is 21.7. The van der Waals surface area contributed by atoms with Crippen molar-refractivity contribution >= 4 is 41.2 Å². The maximum atomic E-state index is 14.7. The Kier molecular flexibility index (Phi) is 18.7. The van der Waals surface area contributed by atoms with Crippen LogP contribution in [-0.2, 0) is 46.4 Å². The van der Waals surface area contributed by atoms with Gasteiger partial charge in [-0.05, 0) is 60.0 Å². The molecular weight excluding hydrogens is 809 g/mol. The Morgan fingerprint density at radius 2 is 1.17 bits per heavy atom. The molecule has 4 amide bonds. The average molecular weight is 887 g/mol. The van der Waals surface area contributed by atoms with Gasteiger partial charge >= 0.3 is 5.97 Å². The summed E-state index contributed by atoms with van der Waals surface area (Å²) in [5.41, 5.74) is -1.74. The molecule has 0 bridgehead atoms. The van der Waals surface area contributed by atoms with Crippen molar-refractivity contribution in [2.24, 2.45) is 39.4 Å². The Morgan fingerprint density at radius 1 is 0.672 bits per heavy atom. The Hall–Kier alpha value is -4.87. The van der Waals surface area contributed by atoms with Crippen LogP contribution in [0, 0.1) is 39.4 Å². The number of Topliss-reactive ketones (excluding diaryl/α,β-unsaturated/α-hetero) is 2. The lowest BCUT2D eigenvalue weighted by atomic mass is 9.76. The predicted molar refractivity (Wildman–Crippen MR) is 251 cm³/mol. The van der Waals surface area contributed by atoms with Crippen LogP contribution in [0.2, 0.25) is 0 Å². The third-order valence-electron chi connectivity index (χ3n) is 13.0. The summed E-state index contributed by atoms with van der Waals surface area (Å²) in [4.78, 5) is 101. The van der Waals surface area contributed by atoms with Crippen molar-refractivity contribution in [3.8, 4) is 0 Å². The van der Waals surface area contributed by atoms with E-state index >= 15 is 0 Å². The fraction of sp³-hybridized carbons (Fsp3) is 0.635. The average Bonchev–Trinajstić information content (AvgIpc) is 3.71. The van der Waals surface area contributed by atoms with E-state index in [1.165, 1.54) is 4.90 Å². The Balaban J connectivity index is 1.99. The van der Waals surface area contributed by atoms with E-state index in [-0.39, 0.29) is 48.3 Å². The second kappa shape index (κ2) is 22.4. The van der Waals surface area contributed by atoms with E-state index in [9.17, 15) is 38.7 Å². The molecule has 0 aliphatic heterocycles. The van der Waals surface area contributed by atoms with Crippen molar-refractivity contribution in [2.75, 3.05) is 7.05 Å². The number of carbonyl (C=O) groups is 7. The molecule has 0 heterocycles. The third-order valence-corrected chi connectivity index (χ3v) is 13.0. The van der Waals surface area contributed by atoms with Gasteiger partial charge in [0, 0.05) is 37.3 Å². The maximum absolute atomic E-state index is 14.7. The first-order valence-electron chi connectivity index (χ1n) is 23.2. The molecule has 0 spiro atoms. The van der Waals surface area contributed by atoms with Gasteiger partial charge in [-0.1, -0.05) is 157 Å². The summed E-state index contributed by atoms with van der Waals surface area (Å²) in [5.74, 6) is -6.29. The van der Waals surface area contributed by atoms with Crippen molar-refractivity contribution in [3.05, 3.63) is 71.8 Å². The van der Waals surface area contributed by atoms with Gasteiger partial charge in [0.15, 0.2) is 5.78 Å². The van der Waals surface area contributed by atoms with Crippen LogP contribution in [0.5, 0.6) is 0 Å². The van der Waals surface area contributed by atoms with Gasteiger partial charge in [-0.25, -0.2) is 0 Å².